The van der Waals surface area contributed by atoms with E-state index in [0.717, 1.165) is 22.3 Å². The average Bonchev–Trinajstić information content (AvgIpc) is 2.56. The first-order chi connectivity index (χ1) is 8.70. The van der Waals surface area contributed by atoms with Crippen LogP contribution in [-0.2, 0) is 0 Å². The highest BCUT2D eigenvalue weighted by Crippen LogP contribution is 2.27. The summed E-state index contributed by atoms with van der Waals surface area (Å²) in [6.07, 6.45) is 0.829. The Bertz CT molecular complexity index is 431. The summed E-state index contributed by atoms with van der Waals surface area (Å²) in [5.74, 6) is 0. The number of hydrogen-bond donors (Lipinski definition) is 2. The Kier molecular flexibility index (Phi) is 5.59. The van der Waals surface area contributed by atoms with Crippen molar-refractivity contribution in [2.75, 3.05) is 6.61 Å². The lowest BCUT2D eigenvalue weighted by atomic mass is 9.93. The SMILES string of the molecule is Cc1nn(C(C)CC(C)(CO)NC(C)C)c(C)c1Br. The van der Waals surface area contributed by atoms with Crippen LogP contribution in [0.25, 0.3) is 0 Å². The van der Waals surface area contributed by atoms with Crippen LogP contribution in [0.3, 0.4) is 0 Å². The third-order valence-corrected chi connectivity index (χ3v) is 4.53. The number of aryl methyl sites for hydroxylation is 1. The molecule has 110 valence electrons. The van der Waals surface area contributed by atoms with E-state index >= 15 is 0 Å². The smallest absolute Gasteiger partial charge is 0.0738 e. The van der Waals surface area contributed by atoms with Crippen molar-refractivity contribution < 1.29 is 5.11 Å². The lowest BCUT2D eigenvalue weighted by Gasteiger charge is -2.34. The van der Waals surface area contributed by atoms with Gasteiger partial charge in [0.25, 0.3) is 0 Å². The van der Waals surface area contributed by atoms with Gasteiger partial charge in [-0.25, -0.2) is 0 Å². The summed E-state index contributed by atoms with van der Waals surface area (Å²) in [5.41, 5.74) is 1.86. The lowest BCUT2D eigenvalue weighted by molar-refractivity contribution is 0.140. The molecule has 0 fully saturated rings. The zero-order valence-electron chi connectivity index (χ0n) is 12.8. The summed E-state index contributed by atoms with van der Waals surface area (Å²) in [7, 11) is 0. The van der Waals surface area contributed by atoms with Gasteiger partial charge in [-0.05, 0) is 50.0 Å². The molecule has 0 aromatic carbocycles. The minimum Gasteiger partial charge on any atom is -0.394 e. The molecule has 0 saturated heterocycles. The van der Waals surface area contributed by atoms with Crippen LogP contribution in [-0.4, -0.2) is 33.1 Å². The van der Waals surface area contributed by atoms with E-state index in [0.29, 0.717) is 6.04 Å². The van der Waals surface area contributed by atoms with Crippen molar-refractivity contribution >= 4 is 15.9 Å². The molecule has 0 bridgehead atoms. The second-order valence-corrected chi connectivity index (χ2v) is 6.79. The Morgan fingerprint density at radius 3 is 2.32 bits per heavy atom. The van der Waals surface area contributed by atoms with Gasteiger partial charge >= 0.3 is 0 Å². The molecule has 2 atom stereocenters. The minimum absolute atomic E-state index is 0.121. The van der Waals surface area contributed by atoms with Crippen molar-refractivity contribution in [1.82, 2.24) is 15.1 Å². The van der Waals surface area contributed by atoms with Gasteiger partial charge in [-0.2, -0.15) is 5.10 Å². The van der Waals surface area contributed by atoms with Gasteiger partial charge in [0, 0.05) is 11.6 Å². The van der Waals surface area contributed by atoms with E-state index in [4.69, 9.17) is 0 Å². The molecule has 5 heteroatoms. The summed E-state index contributed by atoms with van der Waals surface area (Å²) in [5, 5.41) is 17.7. The quantitative estimate of drug-likeness (QED) is 0.842. The number of nitrogens with zero attached hydrogens (tertiary/aromatic N) is 2. The Morgan fingerprint density at radius 1 is 1.37 bits per heavy atom. The third kappa shape index (κ3) is 4.04. The molecule has 1 aromatic heterocycles. The van der Waals surface area contributed by atoms with E-state index in [1.54, 1.807) is 0 Å². The van der Waals surface area contributed by atoms with Crippen LogP contribution in [0.5, 0.6) is 0 Å². The van der Waals surface area contributed by atoms with E-state index in [1.165, 1.54) is 0 Å². The van der Waals surface area contributed by atoms with E-state index in [1.807, 2.05) is 11.6 Å². The first-order valence-electron chi connectivity index (χ1n) is 6.80. The van der Waals surface area contributed by atoms with Gasteiger partial charge in [0.05, 0.1) is 28.5 Å². The fraction of sp³-hybridized carbons (Fsp3) is 0.786. The van der Waals surface area contributed by atoms with Crippen molar-refractivity contribution in [3.8, 4) is 0 Å². The first-order valence-corrected chi connectivity index (χ1v) is 7.59. The number of hydrogen-bond acceptors (Lipinski definition) is 3. The number of aliphatic hydroxyl groups is 1. The van der Waals surface area contributed by atoms with Gasteiger partial charge in [0.2, 0.25) is 0 Å². The summed E-state index contributed by atoms with van der Waals surface area (Å²) < 4.78 is 3.11. The van der Waals surface area contributed by atoms with Gasteiger partial charge in [0.1, 0.15) is 0 Å². The van der Waals surface area contributed by atoms with Crippen molar-refractivity contribution in [2.24, 2.45) is 0 Å². The van der Waals surface area contributed by atoms with E-state index in [9.17, 15) is 5.11 Å². The number of rotatable bonds is 6. The van der Waals surface area contributed by atoms with Crippen LogP contribution < -0.4 is 5.32 Å². The maximum Gasteiger partial charge on any atom is 0.0738 e. The highest BCUT2D eigenvalue weighted by molar-refractivity contribution is 9.10. The van der Waals surface area contributed by atoms with Gasteiger partial charge in [-0.15, -0.1) is 0 Å². The molecule has 1 heterocycles. The number of halogens is 1. The van der Waals surface area contributed by atoms with Crippen LogP contribution >= 0.6 is 15.9 Å². The number of aliphatic hydroxyl groups excluding tert-OH is 1. The highest BCUT2D eigenvalue weighted by atomic mass is 79.9. The van der Waals surface area contributed by atoms with Crippen molar-refractivity contribution in [1.29, 1.82) is 0 Å². The summed E-state index contributed by atoms with van der Waals surface area (Å²) in [6, 6.07) is 0.574. The Hall–Kier alpha value is -0.390. The zero-order chi connectivity index (χ0) is 14.8. The molecule has 0 aliphatic carbocycles. The van der Waals surface area contributed by atoms with Crippen molar-refractivity contribution in [3.63, 3.8) is 0 Å². The van der Waals surface area contributed by atoms with E-state index < -0.39 is 0 Å². The van der Waals surface area contributed by atoms with Gasteiger partial charge in [-0.3, -0.25) is 4.68 Å². The molecule has 19 heavy (non-hydrogen) atoms. The Balaban J connectivity index is 2.88. The average molecular weight is 332 g/mol. The Morgan fingerprint density at radius 2 is 1.95 bits per heavy atom. The predicted molar refractivity (Wildman–Crippen MR) is 82.5 cm³/mol. The molecule has 1 rings (SSSR count). The monoisotopic (exact) mass is 331 g/mol. The standard InChI is InChI=1S/C14H26BrN3O/c1-9(2)16-14(6,8-19)7-10(3)18-12(5)13(15)11(4)17-18/h9-10,16,19H,7-8H2,1-6H3. The van der Waals surface area contributed by atoms with E-state index in [2.05, 4.69) is 61.0 Å². The molecular weight excluding hydrogens is 306 g/mol. The van der Waals surface area contributed by atoms with Crippen LogP contribution in [0, 0.1) is 13.8 Å². The fourth-order valence-electron chi connectivity index (χ4n) is 2.68. The molecule has 0 aliphatic rings. The Labute approximate surface area is 124 Å². The predicted octanol–water partition coefficient (Wildman–Crippen LogP) is 2.96. The molecule has 0 radical (unpaired) electrons. The van der Waals surface area contributed by atoms with Crippen LogP contribution in [0.2, 0.25) is 0 Å². The summed E-state index contributed by atoms with van der Waals surface area (Å²) >= 11 is 3.56. The number of aromatic nitrogens is 2. The molecule has 0 aliphatic heterocycles. The van der Waals surface area contributed by atoms with Crippen LogP contribution in [0.15, 0.2) is 4.47 Å². The minimum atomic E-state index is -0.285. The van der Waals surface area contributed by atoms with Gasteiger partial charge in [0.15, 0.2) is 0 Å². The molecule has 0 spiro atoms. The first kappa shape index (κ1) is 16.7. The largest absolute Gasteiger partial charge is 0.394 e. The second-order valence-electron chi connectivity index (χ2n) is 6.00. The van der Waals surface area contributed by atoms with Gasteiger partial charge < -0.3 is 10.4 Å². The summed E-state index contributed by atoms with van der Waals surface area (Å²) in [6.45, 7) is 12.6. The number of nitrogens with one attached hydrogen (secondary N) is 1. The topological polar surface area (TPSA) is 50.1 Å². The molecule has 2 unspecified atom stereocenters. The molecular formula is C14H26BrN3O. The zero-order valence-corrected chi connectivity index (χ0v) is 14.4. The molecule has 4 nitrogen and oxygen atoms in total. The van der Waals surface area contributed by atoms with E-state index in [-0.39, 0.29) is 18.2 Å². The van der Waals surface area contributed by atoms with Gasteiger partial charge in [-0.1, -0.05) is 13.8 Å². The lowest BCUT2D eigenvalue weighted by Crippen LogP contribution is -2.50. The van der Waals surface area contributed by atoms with Crippen molar-refractivity contribution in [3.05, 3.63) is 15.9 Å². The van der Waals surface area contributed by atoms with Crippen LogP contribution in [0.1, 0.15) is 51.5 Å². The third-order valence-electron chi connectivity index (χ3n) is 3.39. The van der Waals surface area contributed by atoms with Crippen LogP contribution in [0.4, 0.5) is 0 Å². The summed E-state index contributed by atoms with van der Waals surface area (Å²) in [4.78, 5) is 0. The fourth-order valence-corrected chi connectivity index (χ4v) is 2.94. The maximum atomic E-state index is 9.66. The maximum absolute atomic E-state index is 9.66. The molecule has 0 amide bonds. The molecule has 1 aromatic rings. The van der Waals surface area contributed by atoms with Crippen molar-refractivity contribution in [2.45, 2.75) is 65.6 Å². The normalized spacial score (nSPS) is 16.7. The highest BCUT2D eigenvalue weighted by Gasteiger charge is 2.28. The second kappa shape index (κ2) is 6.37. The molecule has 0 saturated carbocycles. The molecule has 2 N–H and O–H groups in total.